The van der Waals surface area contributed by atoms with Crippen molar-refractivity contribution in [3.63, 3.8) is 0 Å². The summed E-state index contributed by atoms with van der Waals surface area (Å²) < 4.78 is 26.3. The highest BCUT2D eigenvalue weighted by atomic mass is 32.2. The van der Waals surface area contributed by atoms with Crippen LogP contribution in [0.25, 0.3) is 0 Å². The number of aliphatic carboxylic acids is 1. The molecule has 0 aromatic heterocycles. The van der Waals surface area contributed by atoms with Gasteiger partial charge in [0.2, 0.25) is 10.0 Å². The number of amides is 2. The number of carboxylic acids is 1. The lowest BCUT2D eigenvalue weighted by atomic mass is 9.99. The molecule has 9 heteroatoms. The molecule has 0 saturated carbocycles. The lowest BCUT2D eigenvalue weighted by molar-refractivity contribution is -0.143. The number of sulfonamides is 1. The van der Waals surface area contributed by atoms with Gasteiger partial charge in [-0.1, -0.05) is 13.8 Å². The number of carbonyl (C=O) groups excluding carboxylic acids is 1. The molecule has 0 radical (unpaired) electrons. The SMILES string of the molecule is CCN(CC)S(=O)(=O)c1ccc(NC(=O)N2CCCC(C(=O)O)C2)cc1. The number of piperidine rings is 1. The van der Waals surface area contributed by atoms with Gasteiger partial charge >= 0.3 is 12.0 Å². The average Bonchev–Trinajstić information content (AvgIpc) is 2.63. The Morgan fingerprint density at radius 3 is 2.38 bits per heavy atom. The third kappa shape index (κ3) is 4.53. The van der Waals surface area contributed by atoms with Crippen molar-refractivity contribution in [3.05, 3.63) is 24.3 Å². The Balaban J connectivity index is 2.05. The van der Waals surface area contributed by atoms with Crippen molar-refractivity contribution >= 4 is 27.7 Å². The largest absolute Gasteiger partial charge is 0.481 e. The fourth-order valence-corrected chi connectivity index (χ4v) is 4.45. The number of nitrogens with zero attached hydrogens (tertiary/aromatic N) is 2. The first-order chi connectivity index (χ1) is 12.3. The molecule has 26 heavy (non-hydrogen) atoms. The minimum absolute atomic E-state index is 0.170. The second-order valence-electron chi connectivity index (χ2n) is 6.17. The maximum absolute atomic E-state index is 12.4. The Morgan fingerprint density at radius 1 is 1.23 bits per heavy atom. The molecule has 1 saturated heterocycles. The Bertz CT molecular complexity index is 744. The van der Waals surface area contributed by atoms with Crippen LogP contribution in [0.1, 0.15) is 26.7 Å². The number of hydrogen-bond acceptors (Lipinski definition) is 4. The molecule has 1 fully saturated rings. The Hall–Kier alpha value is -2.13. The van der Waals surface area contributed by atoms with Crippen LogP contribution in [0.3, 0.4) is 0 Å². The molecule has 1 aliphatic heterocycles. The van der Waals surface area contributed by atoms with E-state index in [0.717, 1.165) is 0 Å². The summed E-state index contributed by atoms with van der Waals surface area (Å²) in [6, 6.07) is 5.61. The van der Waals surface area contributed by atoms with Gasteiger partial charge in [0.25, 0.3) is 0 Å². The molecular weight excluding hydrogens is 358 g/mol. The van der Waals surface area contributed by atoms with Crippen molar-refractivity contribution in [2.75, 3.05) is 31.5 Å². The first-order valence-electron chi connectivity index (χ1n) is 8.68. The molecule has 1 heterocycles. The van der Waals surface area contributed by atoms with Crippen LogP contribution in [0, 0.1) is 5.92 Å². The zero-order valence-electron chi connectivity index (χ0n) is 15.0. The molecule has 1 aromatic carbocycles. The zero-order chi connectivity index (χ0) is 19.3. The standard InChI is InChI=1S/C17H25N3O5S/c1-3-20(4-2)26(24,25)15-9-7-14(8-10-15)18-17(23)19-11-5-6-13(12-19)16(21)22/h7-10,13H,3-6,11-12H2,1-2H3,(H,18,23)(H,21,22). The lowest BCUT2D eigenvalue weighted by Crippen LogP contribution is -2.44. The lowest BCUT2D eigenvalue weighted by Gasteiger charge is -2.30. The Morgan fingerprint density at radius 2 is 1.85 bits per heavy atom. The van der Waals surface area contributed by atoms with Gasteiger partial charge in [-0.3, -0.25) is 4.79 Å². The predicted octanol–water partition coefficient (Wildman–Crippen LogP) is 2.05. The second kappa shape index (κ2) is 8.50. The van der Waals surface area contributed by atoms with Gasteiger partial charge in [0, 0.05) is 31.9 Å². The van der Waals surface area contributed by atoms with Gasteiger partial charge in [-0.25, -0.2) is 13.2 Å². The van der Waals surface area contributed by atoms with Crippen LogP contribution in [0.4, 0.5) is 10.5 Å². The summed E-state index contributed by atoms with van der Waals surface area (Å²) in [5.74, 6) is -1.44. The molecule has 0 bridgehead atoms. The molecule has 1 unspecified atom stereocenters. The van der Waals surface area contributed by atoms with E-state index in [2.05, 4.69) is 5.32 Å². The number of anilines is 1. The minimum atomic E-state index is -3.54. The highest BCUT2D eigenvalue weighted by Gasteiger charge is 2.28. The summed E-state index contributed by atoms with van der Waals surface area (Å²) in [5, 5.41) is 11.8. The van der Waals surface area contributed by atoms with Crippen molar-refractivity contribution in [3.8, 4) is 0 Å². The highest BCUT2D eigenvalue weighted by molar-refractivity contribution is 7.89. The third-order valence-electron chi connectivity index (χ3n) is 4.51. The number of likely N-dealkylation sites (tertiary alicyclic amines) is 1. The highest BCUT2D eigenvalue weighted by Crippen LogP contribution is 2.20. The molecule has 144 valence electrons. The summed E-state index contributed by atoms with van der Waals surface area (Å²) in [6.45, 7) is 5.00. The molecule has 8 nitrogen and oxygen atoms in total. The first-order valence-corrected chi connectivity index (χ1v) is 10.1. The van der Waals surface area contributed by atoms with E-state index in [9.17, 15) is 18.0 Å². The number of hydrogen-bond donors (Lipinski definition) is 2. The van der Waals surface area contributed by atoms with Crippen LogP contribution in [-0.2, 0) is 14.8 Å². The molecule has 0 aliphatic carbocycles. The number of carbonyl (C=O) groups is 2. The van der Waals surface area contributed by atoms with E-state index in [1.54, 1.807) is 13.8 Å². The summed E-state index contributed by atoms with van der Waals surface area (Å²) in [7, 11) is -3.54. The second-order valence-corrected chi connectivity index (χ2v) is 8.11. The van der Waals surface area contributed by atoms with Crippen LogP contribution in [-0.4, -0.2) is 60.9 Å². The number of rotatable bonds is 6. The van der Waals surface area contributed by atoms with Crippen molar-refractivity contribution in [1.29, 1.82) is 0 Å². The maximum Gasteiger partial charge on any atom is 0.321 e. The summed E-state index contributed by atoms with van der Waals surface area (Å²) in [4.78, 5) is 25.1. The van der Waals surface area contributed by atoms with Crippen molar-refractivity contribution in [2.24, 2.45) is 5.92 Å². The number of benzene rings is 1. The number of nitrogens with one attached hydrogen (secondary N) is 1. The van der Waals surface area contributed by atoms with Gasteiger partial charge in [-0.2, -0.15) is 4.31 Å². The third-order valence-corrected chi connectivity index (χ3v) is 6.57. The predicted molar refractivity (Wildman–Crippen MR) is 97.5 cm³/mol. The van der Waals surface area contributed by atoms with Crippen molar-refractivity contribution in [2.45, 2.75) is 31.6 Å². The van der Waals surface area contributed by atoms with Gasteiger partial charge in [0.1, 0.15) is 0 Å². The molecule has 1 atom stereocenters. The van der Waals surface area contributed by atoms with Gasteiger partial charge in [0.05, 0.1) is 10.8 Å². The number of carboxylic acid groups (broad SMARTS) is 1. The monoisotopic (exact) mass is 383 g/mol. The molecule has 2 amide bonds. The van der Waals surface area contributed by atoms with Crippen LogP contribution >= 0.6 is 0 Å². The van der Waals surface area contributed by atoms with E-state index in [0.29, 0.717) is 38.2 Å². The summed E-state index contributed by atoms with van der Waals surface area (Å²) in [5.41, 5.74) is 0.464. The topological polar surface area (TPSA) is 107 Å². The van der Waals surface area contributed by atoms with Crippen LogP contribution in [0.5, 0.6) is 0 Å². The minimum Gasteiger partial charge on any atom is -0.481 e. The average molecular weight is 383 g/mol. The van der Waals surface area contributed by atoms with Crippen molar-refractivity contribution < 1.29 is 23.1 Å². The van der Waals surface area contributed by atoms with Gasteiger partial charge in [-0.05, 0) is 37.1 Å². The molecule has 2 rings (SSSR count). The van der Waals surface area contributed by atoms with E-state index >= 15 is 0 Å². The Labute approximate surface area is 153 Å². The van der Waals surface area contributed by atoms with Crippen LogP contribution in [0.15, 0.2) is 29.2 Å². The Kier molecular flexibility index (Phi) is 6.60. The fraction of sp³-hybridized carbons (Fsp3) is 0.529. The smallest absolute Gasteiger partial charge is 0.321 e. The maximum atomic E-state index is 12.4. The van der Waals surface area contributed by atoms with Crippen LogP contribution < -0.4 is 5.32 Å². The molecule has 2 N–H and O–H groups in total. The van der Waals surface area contributed by atoms with E-state index < -0.39 is 21.9 Å². The van der Waals surface area contributed by atoms with E-state index in [-0.39, 0.29) is 17.5 Å². The van der Waals surface area contributed by atoms with Gasteiger partial charge in [0.15, 0.2) is 0 Å². The molecular formula is C17H25N3O5S. The summed E-state index contributed by atoms with van der Waals surface area (Å²) in [6.07, 6.45) is 1.21. The van der Waals surface area contributed by atoms with Crippen LogP contribution in [0.2, 0.25) is 0 Å². The van der Waals surface area contributed by atoms with Gasteiger partial charge < -0.3 is 15.3 Å². The van der Waals surface area contributed by atoms with Crippen molar-refractivity contribution in [1.82, 2.24) is 9.21 Å². The zero-order valence-corrected chi connectivity index (χ0v) is 15.8. The van der Waals surface area contributed by atoms with Gasteiger partial charge in [-0.15, -0.1) is 0 Å². The summed E-state index contributed by atoms with van der Waals surface area (Å²) >= 11 is 0. The van der Waals surface area contributed by atoms with E-state index in [1.165, 1.54) is 33.5 Å². The fourth-order valence-electron chi connectivity index (χ4n) is 2.99. The number of urea groups is 1. The molecule has 0 spiro atoms. The normalized spacial score (nSPS) is 18.0. The van der Waals surface area contributed by atoms with E-state index in [1.807, 2.05) is 0 Å². The quantitative estimate of drug-likeness (QED) is 0.782. The molecule has 1 aromatic rings. The molecule has 1 aliphatic rings. The van der Waals surface area contributed by atoms with E-state index in [4.69, 9.17) is 5.11 Å². The first kappa shape index (κ1) is 20.2.